The van der Waals surface area contributed by atoms with Crippen LogP contribution in [0.5, 0.6) is 0 Å². The number of hydrogen-bond donors (Lipinski definition) is 1. The van der Waals surface area contributed by atoms with E-state index in [1.165, 1.54) is 0 Å². The van der Waals surface area contributed by atoms with Gasteiger partial charge in [0.05, 0.1) is 5.56 Å². The first-order valence-electron chi connectivity index (χ1n) is 11.5. The highest BCUT2D eigenvalue weighted by Gasteiger charge is 2.61. The van der Waals surface area contributed by atoms with Crippen molar-refractivity contribution in [2.24, 2.45) is 34.5 Å². The van der Waals surface area contributed by atoms with Crippen LogP contribution in [0.25, 0.3) is 0 Å². The number of carbonyl (C=O) groups is 2. The standard InChI is InChI=1S/C26H32O4/c1-25-15-13-21(27)23(28)20(25)9-8-17-18-10-11-22(26(18,2)14-12-19(17)25)30-24(29)16-6-4-3-5-7-16/h3-7,13,15,17-20,22-23,28H,8-12,14H2,1-2H3/t17-,18-,19-,20?,22-,23-,25+,26-/m0/s1. The van der Waals surface area contributed by atoms with Crippen LogP contribution in [0.15, 0.2) is 42.5 Å². The maximum atomic E-state index is 12.7. The van der Waals surface area contributed by atoms with Gasteiger partial charge in [-0.25, -0.2) is 4.79 Å². The number of fused-ring (bicyclic) bond motifs is 5. The summed E-state index contributed by atoms with van der Waals surface area (Å²) in [6.07, 6.45) is 8.92. The summed E-state index contributed by atoms with van der Waals surface area (Å²) in [4.78, 5) is 24.8. The highest BCUT2D eigenvalue weighted by Crippen LogP contribution is 2.65. The molecule has 4 nitrogen and oxygen atoms in total. The van der Waals surface area contributed by atoms with E-state index in [4.69, 9.17) is 4.74 Å². The van der Waals surface area contributed by atoms with Gasteiger partial charge in [0.1, 0.15) is 12.2 Å². The highest BCUT2D eigenvalue weighted by atomic mass is 16.5. The monoisotopic (exact) mass is 408 g/mol. The third kappa shape index (κ3) is 2.83. The van der Waals surface area contributed by atoms with E-state index in [0.717, 1.165) is 38.5 Å². The van der Waals surface area contributed by atoms with Gasteiger partial charge in [0.25, 0.3) is 0 Å². The molecule has 8 atom stereocenters. The molecule has 0 radical (unpaired) electrons. The molecule has 0 amide bonds. The fraction of sp³-hybridized carbons (Fsp3) is 0.615. The van der Waals surface area contributed by atoms with Crippen molar-refractivity contribution in [3.63, 3.8) is 0 Å². The van der Waals surface area contributed by atoms with Crippen molar-refractivity contribution in [3.05, 3.63) is 48.0 Å². The molecule has 1 N–H and O–H groups in total. The van der Waals surface area contributed by atoms with Crippen molar-refractivity contribution < 1.29 is 19.4 Å². The lowest BCUT2D eigenvalue weighted by Gasteiger charge is -2.59. The maximum absolute atomic E-state index is 12.7. The summed E-state index contributed by atoms with van der Waals surface area (Å²) in [5.41, 5.74) is 0.523. The number of hydrogen-bond acceptors (Lipinski definition) is 4. The molecule has 3 saturated carbocycles. The van der Waals surface area contributed by atoms with Gasteiger partial charge in [-0.2, -0.15) is 0 Å². The van der Waals surface area contributed by atoms with Gasteiger partial charge in [-0.15, -0.1) is 0 Å². The normalized spacial score (nSPS) is 44.7. The molecule has 4 heteroatoms. The predicted octanol–water partition coefficient (Wildman–Crippen LogP) is 4.57. The molecule has 3 fully saturated rings. The molecule has 0 spiro atoms. The number of aliphatic hydroxyl groups is 1. The molecule has 1 unspecified atom stereocenters. The lowest BCUT2D eigenvalue weighted by Crippen LogP contribution is -2.56. The minimum atomic E-state index is -0.850. The van der Waals surface area contributed by atoms with Crippen LogP contribution < -0.4 is 0 Å². The first-order chi connectivity index (χ1) is 14.3. The Kier molecular flexibility index (Phi) is 4.70. The highest BCUT2D eigenvalue weighted by molar-refractivity contribution is 5.94. The lowest BCUT2D eigenvalue weighted by molar-refractivity contribution is -0.142. The van der Waals surface area contributed by atoms with E-state index in [1.54, 1.807) is 6.08 Å². The molecule has 1 aromatic rings. The molecule has 0 heterocycles. The Morgan fingerprint density at radius 2 is 1.73 bits per heavy atom. The quantitative estimate of drug-likeness (QED) is 0.728. The van der Waals surface area contributed by atoms with Gasteiger partial charge in [-0.05, 0) is 79.9 Å². The third-order valence-electron chi connectivity index (χ3n) is 9.30. The van der Waals surface area contributed by atoms with Gasteiger partial charge >= 0.3 is 5.97 Å². The van der Waals surface area contributed by atoms with E-state index in [2.05, 4.69) is 19.9 Å². The Balaban J connectivity index is 1.37. The SMILES string of the molecule is C[C@]12CC[C@H]3[C@@H](CCC4[C@H](O)C(=O)C=C[C@@]43C)[C@@H]1CC[C@@H]2OC(=O)c1ccccc1. The topological polar surface area (TPSA) is 63.6 Å². The summed E-state index contributed by atoms with van der Waals surface area (Å²) in [6.45, 7) is 4.58. The van der Waals surface area contributed by atoms with Crippen molar-refractivity contribution >= 4 is 11.8 Å². The fourth-order valence-corrected chi connectivity index (χ4v) is 7.64. The second-order valence-corrected chi connectivity index (χ2v) is 10.5. The number of aliphatic hydroxyl groups excluding tert-OH is 1. The Morgan fingerprint density at radius 1 is 1.00 bits per heavy atom. The molecule has 0 bridgehead atoms. The molecule has 5 rings (SSSR count). The van der Waals surface area contributed by atoms with E-state index < -0.39 is 6.10 Å². The minimum absolute atomic E-state index is 0.0155. The maximum Gasteiger partial charge on any atom is 0.338 e. The molecule has 0 saturated heterocycles. The third-order valence-corrected chi connectivity index (χ3v) is 9.30. The molecule has 0 aromatic heterocycles. The molecule has 0 aliphatic heterocycles. The number of allylic oxidation sites excluding steroid dienone is 1. The van der Waals surface area contributed by atoms with Crippen molar-refractivity contribution in [3.8, 4) is 0 Å². The molecular weight excluding hydrogens is 376 g/mol. The summed E-state index contributed by atoms with van der Waals surface area (Å²) in [6, 6.07) is 9.29. The van der Waals surface area contributed by atoms with Crippen molar-refractivity contribution in [2.45, 2.75) is 64.6 Å². The molecule has 4 aliphatic rings. The van der Waals surface area contributed by atoms with Crippen LogP contribution in [0, 0.1) is 34.5 Å². The van der Waals surface area contributed by atoms with Crippen LogP contribution in [-0.4, -0.2) is 29.1 Å². The summed E-state index contributed by atoms with van der Waals surface area (Å²) in [7, 11) is 0. The van der Waals surface area contributed by atoms with Crippen LogP contribution in [0.1, 0.15) is 62.7 Å². The van der Waals surface area contributed by atoms with Gasteiger partial charge < -0.3 is 9.84 Å². The van der Waals surface area contributed by atoms with Crippen LogP contribution in [0.4, 0.5) is 0 Å². The molecule has 30 heavy (non-hydrogen) atoms. The van der Waals surface area contributed by atoms with Crippen LogP contribution >= 0.6 is 0 Å². The summed E-state index contributed by atoms with van der Waals surface area (Å²) >= 11 is 0. The summed E-state index contributed by atoms with van der Waals surface area (Å²) in [5, 5.41) is 10.6. The Hall–Kier alpha value is -1.94. The lowest BCUT2D eigenvalue weighted by atomic mass is 9.46. The zero-order valence-electron chi connectivity index (χ0n) is 17.9. The molecule has 4 aliphatic carbocycles. The summed E-state index contributed by atoms with van der Waals surface area (Å²) < 4.78 is 6.07. The number of carbonyl (C=O) groups excluding carboxylic acids is 2. The van der Waals surface area contributed by atoms with Gasteiger partial charge in [-0.1, -0.05) is 38.1 Å². The van der Waals surface area contributed by atoms with Crippen LogP contribution in [-0.2, 0) is 9.53 Å². The number of ketones is 1. The largest absolute Gasteiger partial charge is 0.458 e. The average Bonchev–Trinajstić information content (AvgIpc) is 3.08. The molecule has 160 valence electrons. The van der Waals surface area contributed by atoms with Crippen molar-refractivity contribution in [1.29, 1.82) is 0 Å². The Morgan fingerprint density at radius 3 is 2.50 bits per heavy atom. The first-order valence-corrected chi connectivity index (χ1v) is 11.5. The smallest absolute Gasteiger partial charge is 0.338 e. The molecular formula is C26H32O4. The zero-order valence-corrected chi connectivity index (χ0v) is 17.9. The second-order valence-electron chi connectivity index (χ2n) is 10.5. The van der Waals surface area contributed by atoms with Gasteiger partial charge in [0.2, 0.25) is 0 Å². The number of benzene rings is 1. The average molecular weight is 409 g/mol. The predicted molar refractivity (Wildman–Crippen MR) is 114 cm³/mol. The number of ether oxygens (including phenoxy) is 1. The van der Waals surface area contributed by atoms with Crippen molar-refractivity contribution in [1.82, 2.24) is 0 Å². The fourth-order valence-electron chi connectivity index (χ4n) is 7.64. The van der Waals surface area contributed by atoms with Gasteiger partial charge in [0, 0.05) is 11.3 Å². The summed E-state index contributed by atoms with van der Waals surface area (Å²) in [5.74, 6) is 1.27. The van der Waals surface area contributed by atoms with E-state index in [-0.39, 0.29) is 34.6 Å². The van der Waals surface area contributed by atoms with Crippen LogP contribution in [0.3, 0.4) is 0 Å². The van der Waals surface area contributed by atoms with Gasteiger partial charge in [0.15, 0.2) is 5.78 Å². The molecule has 1 aromatic carbocycles. The zero-order chi connectivity index (χ0) is 21.1. The second kappa shape index (κ2) is 7.05. The van der Waals surface area contributed by atoms with E-state index in [1.807, 2.05) is 30.3 Å². The Labute approximate surface area is 178 Å². The van der Waals surface area contributed by atoms with E-state index in [9.17, 15) is 14.7 Å². The van der Waals surface area contributed by atoms with E-state index in [0.29, 0.717) is 23.3 Å². The van der Waals surface area contributed by atoms with Crippen LogP contribution in [0.2, 0.25) is 0 Å². The number of rotatable bonds is 2. The minimum Gasteiger partial charge on any atom is -0.458 e. The number of esters is 1. The Bertz CT molecular complexity index is 876. The van der Waals surface area contributed by atoms with Crippen molar-refractivity contribution in [2.75, 3.05) is 0 Å². The van der Waals surface area contributed by atoms with Gasteiger partial charge in [-0.3, -0.25) is 4.79 Å². The van der Waals surface area contributed by atoms with E-state index >= 15 is 0 Å². The first kappa shape index (κ1) is 20.0.